The molecule has 0 bridgehead atoms. The number of aromatic nitrogens is 4. The maximum absolute atomic E-state index is 12.6. The minimum absolute atomic E-state index is 0.301. The SMILES string of the molecule is CNc1cc(N2CCN(c3nnc(C(F)(F)F)s3)CC2)ncn1. The Morgan fingerprint density at radius 2 is 1.78 bits per heavy atom. The summed E-state index contributed by atoms with van der Waals surface area (Å²) in [4.78, 5) is 12.2. The van der Waals surface area contributed by atoms with Crippen molar-refractivity contribution < 1.29 is 13.2 Å². The number of alkyl halides is 3. The van der Waals surface area contributed by atoms with Crippen LogP contribution in [-0.2, 0) is 6.18 Å². The molecule has 0 aliphatic carbocycles. The number of hydrogen-bond acceptors (Lipinski definition) is 8. The Labute approximate surface area is 134 Å². The molecule has 23 heavy (non-hydrogen) atoms. The van der Waals surface area contributed by atoms with E-state index in [2.05, 4.69) is 30.4 Å². The van der Waals surface area contributed by atoms with E-state index in [0.717, 1.165) is 11.6 Å². The van der Waals surface area contributed by atoms with Crippen LogP contribution < -0.4 is 15.1 Å². The van der Waals surface area contributed by atoms with E-state index in [-0.39, 0.29) is 0 Å². The third kappa shape index (κ3) is 3.44. The van der Waals surface area contributed by atoms with Crippen molar-refractivity contribution in [1.82, 2.24) is 20.2 Å². The van der Waals surface area contributed by atoms with E-state index in [4.69, 9.17) is 0 Å². The molecule has 124 valence electrons. The van der Waals surface area contributed by atoms with E-state index < -0.39 is 11.2 Å². The van der Waals surface area contributed by atoms with Gasteiger partial charge in [0, 0.05) is 39.3 Å². The normalized spacial score (nSPS) is 15.8. The fraction of sp³-hybridized carbons (Fsp3) is 0.500. The second-order valence-corrected chi connectivity index (χ2v) is 5.83. The van der Waals surface area contributed by atoms with Crippen LogP contribution in [0, 0.1) is 0 Å². The molecule has 2 aromatic rings. The molecule has 3 heterocycles. The third-order valence-corrected chi connectivity index (χ3v) is 4.47. The molecule has 0 amide bonds. The molecule has 1 N–H and O–H groups in total. The standard InChI is InChI=1S/C12H14F3N7S/c1-16-8-6-9(18-7-17-8)21-2-4-22(5-3-21)11-20-19-10(23-11)12(13,14)15/h6-7H,2-5H2,1H3,(H,16,17,18). The number of nitrogens with zero attached hydrogens (tertiary/aromatic N) is 6. The van der Waals surface area contributed by atoms with Crippen LogP contribution in [0.2, 0.25) is 0 Å². The second-order valence-electron chi connectivity index (χ2n) is 4.87. The van der Waals surface area contributed by atoms with Crippen molar-refractivity contribution in [2.75, 3.05) is 48.3 Å². The maximum atomic E-state index is 12.6. The van der Waals surface area contributed by atoms with Gasteiger partial charge in [0.25, 0.3) is 0 Å². The van der Waals surface area contributed by atoms with Crippen molar-refractivity contribution in [3.63, 3.8) is 0 Å². The zero-order chi connectivity index (χ0) is 16.4. The van der Waals surface area contributed by atoms with Crippen LogP contribution in [0.3, 0.4) is 0 Å². The molecule has 1 saturated heterocycles. The molecule has 7 nitrogen and oxygen atoms in total. The van der Waals surface area contributed by atoms with Gasteiger partial charge < -0.3 is 15.1 Å². The fourth-order valence-electron chi connectivity index (χ4n) is 2.24. The molecule has 0 atom stereocenters. The topological polar surface area (TPSA) is 70.1 Å². The maximum Gasteiger partial charge on any atom is 0.445 e. The molecule has 1 aliphatic rings. The van der Waals surface area contributed by atoms with Crippen LogP contribution in [0.4, 0.5) is 29.9 Å². The molecule has 11 heteroatoms. The highest BCUT2D eigenvalue weighted by Crippen LogP contribution is 2.34. The molecule has 1 aliphatic heterocycles. The van der Waals surface area contributed by atoms with Crippen LogP contribution >= 0.6 is 11.3 Å². The number of rotatable bonds is 3. The Hall–Kier alpha value is -2.17. The molecule has 2 aromatic heterocycles. The summed E-state index contributed by atoms with van der Waals surface area (Å²) in [5, 5.41) is 9.21. The first kappa shape index (κ1) is 15.7. The first-order valence-corrected chi connectivity index (χ1v) is 7.69. The lowest BCUT2D eigenvalue weighted by Gasteiger charge is -2.35. The van der Waals surface area contributed by atoms with Gasteiger partial charge in [-0.1, -0.05) is 11.3 Å². The number of anilines is 3. The van der Waals surface area contributed by atoms with Gasteiger partial charge in [0.1, 0.15) is 18.0 Å². The van der Waals surface area contributed by atoms with Crippen molar-refractivity contribution in [3.8, 4) is 0 Å². The second kappa shape index (κ2) is 6.14. The molecule has 0 aromatic carbocycles. The summed E-state index contributed by atoms with van der Waals surface area (Å²) in [6, 6.07) is 1.84. The average Bonchev–Trinajstić information content (AvgIpc) is 3.05. The van der Waals surface area contributed by atoms with Gasteiger partial charge in [-0.3, -0.25) is 0 Å². The van der Waals surface area contributed by atoms with E-state index in [9.17, 15) is 13.2 Å². The van der Waals surface area contributed by atoms with E-state index in [1.807, 2.05) is 11.0 Å². The largest absolute Gasteiger partial charge is 0.445 e. The highest BCUT2D eigenvalue weighted by molar-refractivity contribution is 7.15. The van der Waals surface area contributed by atoms with Crippen LogP contribution in [0.1, 0.15) is 5.01 Å². The molecule has 0 spiro atoms. The van der Waals surface area contributed by atoms with Crippen molar-refractivity contribution in [2.24, 2.45) is 0 Å². The number of nitrogens with one attached hydrogen (secondary N) is 1. The lowest BCUT2D eigenvalue weighted by molar-refractivity contribution is -0.138. The van der Waals surface area contributed by atoms with E-state index in [1.54, 1.807) is 7.05 Å². The Bertz CT molecular complexity index is 667. The van der Waals surface area contributed by atoms with Gasteiger partial charge >= 0.3 is 6.18 Å². The molecule has 0 saturated carbocycles. The third-order valence-electron chi connectivity index (χ3n) is 3.44. The molecular weight excluding hydrogens is 331 g/mol. The first-order chi connectivity index (χ1) is 11.0. The van der Waals surface area contributed by atoms with Crippen molar-refractivity contribution in [2.45, 2.75) is 6.18 Å². The van der Waals surface area contributed by atoms with Gasteiger partial charge in [-0.15, -0.1) is 10.2 Å². The predicted molar refractivity (Wildman–Crippen MR) is 80.9 cm³/mol. The molecule has 0 radical (unpaired) electrons. The van der Waals surface area contributed by atoms with E-state index >= 15 is 0 Å². The highest BCUT2D eigenvalue weighted by Gasteiger charge is 2.36. The van der Waals surface area contributed by atoms with Gasteiger partial charge in [-0.05, 0) is 0 Å². The zero-order valence-corrected chi connectivity index (χ0v) is 13.0. The summed E-state index contributed by atoms with van der Waals surface area (Å²) in [6.07, 6.45) is -2.96. The van der Waals surface area contributed by atoms with Crippen LogP contribution in [0.5, 0.6) is 0 Å². The molecule has 3 rings (SSSR count). The monoisotopic (exact) mass is 345 g/mol. The average molecular weight is 345 g/mol. The van der Waals surface area contributed by atoms with Gasteiger partial charge in [0.2, 0.25) is 10.1 Å². The van der Waals surface area contributed by atoms with Gasteiger partial charge in [0.05, 0.1) is 0 Å². The summed E-state index contributed by atoms with van der Waals surface area (Å²) < 4.78 is 37.8. The van der Waals surface area contributed by atoms with Crippen LogP contribution in [0.15, 0.2) is 12.4 Å². The van der Waals surface area contributed by atoms with Crippen LogP contribution in [0.25, 0.3) is 0 Å². The summed E-state index contributed by atoms with van der Waals surface area (Å²) in [7, 11) is 1.78. The Kier molecular flexibility index (Phi) is 4.20. The van der Waals surface area contributed by atoms with Gasteiger partial charge in [-0.25, -0.2) is 9.97 Å². The number of hydrogen-bond donors (Lipinski definition) is 1. The Balaban J connectivity index is 1.65. The Morgan fingerprint density at radius 1 is 1.09 bits per heavy atom. The predicted octanol–water partition coefficient (Wildman–Crippen LogP) is 1.72. The Morgan fingerprint density at radius 3 is 2.39 bits per heavy atom. The molecule has 1 fully saturated rings. The summed E-state index contributed by atoms with van der Waals surface area (Å²) in [5.74, 6) is 1.51. The highest BCUT2D eigenvalue weighted by atomic mass is 32.1. The number of piperazine rings is 1. The zero-order valence-electron chi connectivity index (χ0n) is 12.2. The van der Waals surface area contributed by atoms with Gasteiger partial charge in [-0.2, -0.15) is 13.2 Å². The lowest BCUT2D eigenvalue weighted by Crippen LogP contribution is -2.46. The summed E-state index contributed by atoms with van der Waals surface area (Å²) >= 11 is 0.574. The van der Waals surface area contributed by atoms with Gasteiger partial charge in [0.15, 0.2) is 0 Å². The fourth-order valence-corrected chi connectivity index (χ4v) is 3.01. The minimum atomic E-state index is -4.44. The minimum Gasteiger partial charge on any atom is -0.373 e. The van der Waals surface area contributed by atoms with Crippen molar-refractivity contribution in [1.29, 1.82) is 0 Å². The lowest BCUT2D eigenvalue weighted by atomic mass is 10.3. The molecule has 0 unspecified atom stereocenters. The van der Waals surface area contributed by atoms with E-state index in [0.29, 0.717) is 42.6 Å². The quantitative estimate of drug-likeness (QED) is 0.908. The molecular formula is C12H14F3N7S. The smallest absolute Gasteiger partial charge is 0.373 e. The summed E-state index contributed by atoms with van der Waals surface area (Å²) in [6.45, 7) is 2.40. The van der Waals surface area contributed by atoms with Crippen molar-refractivity contribution in [3.05, 3.63) is 17.4 Å². The summed E-state index contributed by atoms with van der Waals surface area (Å²) in [5.41, 5.74) is 0. The van der Waals surface area contributed by atoms with E-state index in [1.165, 1.54) is 6.33 Å². The van der Waals surface area contributed by atoms with Crippen LogP contribution in [-0.4, -0.2) is 53.4 Å². The number of halogens is 3. The first-order valence-electron chi connectivity index (χ1n) is 6.88. The van der Waals surface area contributed by atoms with Crippen molar-refractivity contribution >= 4 is 28.1 Å².